The smallest absolute Gasteiger partial charge is 0.303 e. The highest BCUT2D eigenvalue weighted by molar-refractivity contribution is 14.1. The summed E-state index contributed by atoms with van der Waals surface area (Å²) in [7, 11) is 0. The standard InChI is InChI=1S/C14H17ClINO3/c1-9(2-5-13(18)19)6-7-17-14(20)11-8-10(15)3-4-12(11)16/h3-4,8-9H,2,5-7H2,1H3,(H,17,20)(H,18,19). The first kappa shape index (κ1) is 17.2. The highest BCUT2D eigenvalue weighted by atomic mass is 127. The summed E-state index contributed by atoms with van der Waals surface area (Å²) in [6.07, 6.45) is 1.55. The third kappa shape index (κ3) is 6.09. The Morgan fingerprint density at radius 2 is 2.10 bits per heavy atom. The summed E-state index contributed by atoms with van der Waals surface area (Å²) in [5.74, 6) is -0.665. The highest BCUT2D eigenvalue weighted by Gasteiger charge is 2.11. The zero-order valence-electron chi connectivity index (χ0n) is 11.2. The molecular weight excluding hydrogens is 393 g/mol. The monoisotopic (exact) mass is 409 g/mol. The van der Waals surface area contributed by atoms with Crippen LogP contribution in [0.5, 0.6) is 0 Å². The molecule has 0 aromatic heterocycles. The van der Waals surface area contributed by atoms with Gasteiger partial charge in [-0.15, -0.1) is 0 Å². The summed E-state index contributed by atoms with van der Waals surface area (Å²) in [5, 5.41) is 12.0. The molecule has 0 aliphatic rings. The zero-order valence-corrected chi connectivity index (χ0v) is 14.1. The van der Waals surface area contributed by atoms with Crippen LogP contribution in [0.2, 0.25) is 5.02 Å². The number of aliphatic carboxylic acids is 1. The molecular formula is C14H17ClINO3. The second-order valence-electron chi connectivity index (χ2n) is 4.71. The van der Waals surface area contributed by atoms with E-state index in [0.29, 0.717) is 23.6 Å². The van der Waals surface area contributed by atoms with Crippen LogP contribution in [0.3, 0.4) is 0 Å². The first-order chi connectivity index (χ1) is 9.40. The van der Waals surface area contributed by atoms with Crippen molar-refractivity contribution in [3.8, 4) is 0 Å². The Morgan fingerprint density at radius 3 is 2.75 bits per heavy atom. The molecule has 0 bridgehead atoms. The molecule has 0 fully saturated rings. The van der Waals surface area contributed by atoms with E-state index < -0.39 is 5.97 Å². The maximum absolute atomic E-state index is 12.0. The molecule has 1 aromatic rings. The zero-order chi connectivity index (χ0) is 15.1. The van der Waals surface area contributed by atoms with E-state index in [9.17, 15) is 9.59 Å². The van der Waals surface area contributed by atoms with Gasteiger partial charge in [0.1, 0.15) is 0 Å². The molecule has 0 aliphatic carbocycles. The molecule has 1 amide bonds. The lowest BCUT2D eigenvalue weighted by atomic mass is 10.0. The van der Waals surface area contributed by atoms with Crippen LogP contribution in [0, 0.1) is 9.49 Å². The summed E-state index contributed by atoms with van der Waals surface area (Å²) in [6.45, 7) is 2.51. The van der Waals surface area contributed by atoms with Crippen molar-refractivity contribution in [2.24, 2.45) is 5.92 Å². The normalized spacial score (nSPS) is 11.9. The predicted molar refractivity (Wildman–Crippen MR) is 87.2 cm³/mol. The van der Waals surface area contributed by atoms with E-state index in [2.05, 4.69) is 27.9 Å². The van der Waals surface area contributed by atoms with Gasteiger partial charge in [-0.3, -0.25) is 9.59 Å². The van der Waals surface area contributed by atoms with Gasteiger partial charge in [0.15, 0.2) is 0 Å². The molecule has 0 aliphatic heterocycles. The summed E-state index contributed by atoms with van der Waals surface area (Å²) in [4.78, 5) is 22.5. The third-order valence-electron chi connectivity index (χ3n) is 2.95. The largest absolute Gasteiger partial charge is 0.481 e. The number of carbonyl (C=O) groups excluding carboxylic acids is 1. The number of nitrogens with one attached hydrogen (secondary N) is 1. The first-order valence-electron chi connectivity index (χ1n) is 6.35. The molecule has 6 heteroatoms. The topological polar surface area (TPSA) is 66.4 Å². The Labute approximate surface area is 137 Å². The average Bonchev–Trinajstić information content (AvgIpc) is 2.39. The molecule has 20 heavy (non-hydrogen) atoms. The van der Waals surface area contributed by atoms with Crippen LogP contribution in [0.15, 0.2) is 18.2 Å². The SMILES string of the molecule is CC(CCNC(=O)c1cc(Cl)ccc1I)CCC(=O)O. The number of carbonyl (C=O) groups is 2. The van der Waals surface area contributed by atoms with Crippen LogP contribution >= 0.6 is 34.2 Å². The van der Waals surface area contributed by atoms with E-state index in [1.54, 1.807) is 18.2 Å². The number of hydrogen-bond donors (Lipinski definition) is 2. The van der Waals surface area contributed by atoms with Crippen LogP contribution in [0.4, 0.5) is 0 Å². The van der Waals surface area contributed by atoms with Crippen molar-refractivity contribution in [3.63, 3.8) is 0 Å². The Bertz CT molecular complexity index is 493. The van der Waals surface area contributed by atoms with Gasteiger partial charge in [0, 0.05) is 21.6 Å². The fourth-order valence-corrected chi connectivity index (χ4v) is 2.47. The van der Waals surface area contributed by atoms with Crippen molar-refractivity contribution < 1.29 is 14.7 Å². The van der Waals surface area contributed by atoms with Crippen LogP contribution in [-0.4, -0.2) is 23.5 Å². The van der Waals surface area contributed by atoms with Gasteiger partial charge in [0.05, 0.1) is 5.56 Å². The van der Waals surface area contributed by atoms with Crippen molar-refractivity contribution in [2.75, 3.05) is 6.54 Å². The van der Waals surface area contributed by atoms with Gasteiger partial charge in [0.2, 0.25) is 0 Å². The van der Waals surface area contributed by atoms with E-state index in [1.807, 2.05) is 6.92 Å². The Balaban J connectivity index is 2.40. The molecule has 0 radical (unpaired) electrons. The maximum atomic E-state index is 12.0. The van der Waals surface area contributed by atoms with E-state index in [-0.39, 0.29) is 18.2 Å². The molecule has 110 valence electrons. The number of rotatable bonds is 7. The molecule has 0 spiro atoms. The lowest BCUT2D eigenvalue weighted by molar-refractivity contribution is -0.137. The van der Waals surface area contributed by atoms with E-state index in [0.717, 1.165) is 9.99 Å². The summed E-state index contributed by atoms with van der Waals surface area (Å²) < 4.78 is 0.850. The van der Waals surface area contributed by atoms with Gasteiger partial charge in [-0.25, -0.2) is 0 Å². The molecule has 0 saturated carbocycles. The minimum atomic E-state index is -0.783. The van der Waals surface area contributed by atoms with Crippen molar-refractivity contribution >= 4 is 46.1 Å². The van der Waals surface area contributed by atoms with Crippen molar-refractivity contribution in [1.29, 1.82) is 0 Å². The number of hydrogen-bond acceptors (Lipinski definition) is 2. The van der Waals surface area contributed by atoms with Gasteiger partial charge in [-0.2, -0.15) is 0 Å². The maximum Gasteiger partial charge on any atom is 0.303 e. The Hall–Kier alpha value is -0.820. The van der Waals surface area contributed by atoms with Crippen LogP contribution < -0.4 is 5.32 Å². The lowest BCUT2D eigenvalue weighted by Crippen LogP contribution is -2.26. The van der Waals surface area contributed by atoms with Gasteiger partial charge in [0.25, 0.3) is 5.91 Å². The van der Waals surface area contributed by atoms with E-state index in [1.165, 1.54) is 0 Å². The number of amides is 1. The second kappa shape index (κ2) is 8.46. The van der Waals surface area contributed by atoms with Gasteiger partial charge < -0.3 is 10.4 Å². The molecule has 4 nitrogen and oxygen atoms in total. The second-order valence-corrected chi connectivity index (χ2v) is 6.30. The fourth-order valence-electron chi connectivity index (χ4n) is 1.71. The number of carboxylic acids is 1. The fraction of sp³-hybridized carbons (Fsp3) is 0.429. The molecule has 1 atom stereocenters. The Morgan fingerprint density at radius 1 is 1.40 bits per heavy atom. The van der Waals surface area contributed by atoms with Crippen molar-refractivity contribution in [1.82, 2.24) is 5.32 Å². The number of carboxylic acid groups (broad SMARTS) is 1. The molecule has 1 rings (SSSR count). The minimum Gasteiger partial charge on any atom is -0.481 e. The summed E-state index contributed by atoms with van der Waals surface area (Å²) >= 11 is 7.97. The summed E-state index contributed by atoms with van der Waals surface area (Å²) in [6, 6.07) is 5.19. The van der Waals surface area contributed by atoms with E-state index in [4.69, 9.17) is 16.7 Å². The number of benzene rings is 1. The van der Waals surface area contributed by atoms with E-state index >= 15 is 0 Å². The minimum absolute atomic E-state index is 0.151. The quantitative estimate of drug-likeness (QED) is 0.677. The third-order valence-corrected chi connectivity index (χ3v) is 4.12. The number of halogens is 2. The predicted octanol–water partition coefficient (Wildman–Crippen LogP) is 3.57. The van der Waals surface area contributed by atoms with Gasteiger partial charge in [-0.05, 0) is 59.5 Å². The first-order valence-corrected chi connectivity index (χ1v) is 7.81. The lowest BCUT2D eigenvalue weighted by Gasteiger charge is -2.11. The Kier molecular flexibility index (Phi) is 7.29. The van der Waals surface area contributed by atoms with Crippen LogP contribution in [0.25, 0.3) is 0 Å². The molecule has 1 aromatic carbocycles. The molecule has 0 heterocycles. The van der Waals surface area contributed by atoms with Gasteiger partial charge in [-0.1, -0.05) is 18.5 Å². The molecule has 2 N–H and O–H groups in total. The van der Waals surface area contributed by atoms with Crippen LogP contribution in [0.1, 0.15) is 36.5 Å². The van der Waals surface area contributed by atoms with Crippen LogP contribution in [-0.2, 0) is 4.79 Å². The summed E-state index contributed by atoms with van der Waals surface area (Å²) in [5.41, 5.74) is 0.566. The average molecular weight is 410 g/mol. The highest BCUT2D eigenvalue weighted by Crippen LogP contribution is 2.18. The molecule has 1 unspecified atom stereocenters. The molecule has 0 saturated heterocycles. The van der Waals surface area contributed by atoms with Crippen molar-refractivity contribution in [3.05, 3.63) is 32.4 Å². The van der Waals surface area contributed by atoms with Crippen molar-refractivity contribution in [2.45, 2.75) is 26.2 Å². The van der Waals surface area contributed by atoms with Gasteiger partial charge >= 0.3 is 5.97 Å².